The number of piperidine rings is 1. The van der Waals surface area contributed by atoms with Crippen molar-refractivity contribution in [1.29, 1.82) is 0 Å². The maximum atomic E-state index is 3.52. The van der Waals surface area contributed by atoms with Crippen molar-refractivity contribution in [3.63, 3.8) is 0 Å². The van der Waals surface area contributed by atoms with Crippen LogP contribution in [-0.2, 0) is 0 Å². The van der Waals surface area contributed by atoms with Crippen LogP contribution in [0.3, 0.4) is 0 Å². The summed E-state index contributed by atoms with van der Waals surface area (Å²) in [5.74, 6) is 0. The fourth-order valence-electron chi connectivity index (χ4n) is 4.53. The third kappa shape index (κ3) is 2.45. The molecule has 1 saturated carbocycles. The Morgan fingerprint density at radius 1 is 1.00 bits per heavy atom. The van der Waals surface area contributed by atoms with Crippen LogP contribution in [-0.4, -0.2) is 61.2 Å². The molecule has 0 atom stereocenters. The Morgan fingerprint density at radius 3 is 2.44 bits per heavy atom. The van der Waals surface area contributed by atoms with E-state index < -0.39 is 0 Å². The molecular formula is C15H29N3. The molecule has 3 heteroatoms. The van der Waals surface area contributed by atoms with Crippen molar-refractivity contribution < 1.29 is 0 Å². The maximum absolute atomic E-state index is 3.52. The van der Waals surface area contributed by atoms with Crippen LogP contribution in [0.4, 0.5) is 0 Å². The van der Waals surface area contributed by atoms with E-state index in [1.54, 1.807) is 0 Å². The highest BCUT2D eigenvalue weighted by Gasteiger charge is 2.44. The van der Waals surface area contributed by atoms with Gasteiger partial charge in [0.1, 0.15) is 0 Å². The lowest BCUT2D eigenvalue weighted by molar-refractivity contribution is -0.0526. The normalized spacial score (nSPS) is 31.8. The molecule has 3 rings (SSSR count). The molecule has 2 heterocycles. The number of piperazine rings is 1. The predicted molar refractivity (Wildman–Crippen MR) is 75.9 cm³/mol. The highest BCUT2D eigenvalue weighted by Crippen LogP contribution is 2.38. The van der Waals surface area contributed by atoms with Crippen LogP contribution in [0.1, 0.15) is 44.9 Å². The van der Waals surface area contributed by atoms with Crippen molar-refractivity contribution in [1.82, 2.24) is 15.1 Å². The van der Waals surface area contributed by atoms with E-state index in [-0.39, 0.29) is 0 Å². The van der Waals surface area contributed by atoms with Crippen molar-refractivity contribution in [2.45, 2.75) is 56.5 Å². The van der Waals surface area contributed by atoms with Gasteiger partial charge < -0.3 is 10.2 Å². The summed E-state index contributed by atoms with van der Waals surface area (Å²) in [5.41, 5.74) is 0.535. The number of nitrogens with zero attached hydrogens (tertiary/aromatic N) is 2. The third-order valence-corrected chi connectivity index (χ3v) is 5.43. The minimum Gasteiger partial charge on any atom is -0.317 e. The fraction of sp³-hybridized carbons (Fsp3) is 1.00. The molecule has 3 fully saturated rings. The average Bonchev–Trinajstić information content (AvgIpc) is 2.40. The third-order valence-electron chi connectivity index (χ3n) is 5.43. The zero-order valence-corrected chi connectivity index (χ0v) is 12.0. The van der Waals surface area contributed by atoms with Crippen LogP contribution in [0, 0.1) is 0 Å². The summed E-state index contributed by atoms with van der Waals surface area (Å²) in [6.07, 6.45) is 10.00. The monoisotopic (exact) mass is 251 g/mol. The lowest BCUT2D eigenvalue weighted by Crippen LogP contribution is -2.65. The zero-order valence-electron chi connectivity index (χ0n) is 12.0. The van der Waals surface area contributed by atoms with Gasteiger partial charge in [0.15, 0.2) is 0 Å². The topological polar surface area (TPSA) is 18.5 Å². The minimum atomic E-state index is 0.535. The van der Waals surface area contributed by atoms with E-state index in [4.69, 9.17) is 0 Å². The number of hydrogen-bond acceptors (Lipinski definition) is 3. The van der Waals surface area contributed by atoms with Crippen LogP contribution < -0.4 is 5.32 Å². The van der Waals surface area contributed by atoms with E-state index in [0.29, 0.717) is 5.54 Å². The van der Waals surface area contributed by atoms with Crippen molar-refractivity contribution in [2.24, 2.45) is 0 Å². The van der Waals surface area contributed by atoms with Gasteiger partial charge in [-0.1, -0.05) is 19.3 Å². The van der Waals surface area contributed by atoms with E-state index in [1.165, 1.54) is 77.7 Å². The molecule has 104 valence electrons. The van der Waals surface area contributed by atoms with Gasteiger partial charge in [-0.3, -0.25) is 4.90 Å². The minimum absolute atomic E-state index is 0.535. The number of nitrogens with one attached hydrogen (secondary N) is 1. The first-order valence-electron chi connectivity index (χ1n) is 7.96. The molecule has 2 saturated heterocycles. The molecular weight excluding hydrogens is 222 g/mol. The summed E-state index contributed by atoms with van der Waals surface area (Å²) in [5, 5.41) is 3.52. The van der Waals surface area contributed by atoms with Crippen LogP contribution in [0.5, 0.6) is 0 Å². The predicted octanol–water partition coefficient (Wildman–Crippen LogP) is 1.69. The van der Waals surface area contributed by atoms with Crippen molar-refractivity contribution in [3.8, 4) is 0 Å². The lowest BCUT2D eigenvalue weighted by atomic mass is 9.77. The molecule has 0 aromatic heterocycles. The first kappa shape index (κ1) is 12.9. The van der Waals surface area contributed by atoms with E-state index in [2.05, 4.69) is 22.2 Å². The van der Waals surface area contributed by atoms with Gasteiger partial charge in [-0.2, -0.15) is 0 Å². The highest BCUT2D eigenvalue weighted by atomic mass is 15.3. The average molecular weight is 251 g/mol. The van der Waals surface area contributed by atoms with Crippen molar-refractivity contribution in [3.05, 3.63) is 0 Å². The van der Waals surface area contributed by atoms with E-state index in [9.17, 15) is 0 Å². The Labute approximate surface area is 112 Å². The molecule has 0 bridgehead atoms. The SMILES string of the molecule is CN1CCN(C2CCNCC2)C2(CCCCC2)C1. The van der Waals surface area contributed by atoms with Gasteiger partial charge in [-0.15, -0.1) is 0 Å². The number of hydrogen-bond donors (Lipinski definition) is 1. The summed E-state index contributed by atoms with van der Waals surface area (Å²) in [6.45, 7) is 6.35. The standard InChI is InChI=1S/C15H29N3/c1-17-11-12-18(14-5-9-16-10-6-14)15(13-17)7-3-2-4-8-15/h14,16H,2-13H2,1H3. The molecule has 0 radical (unpaired) electrons. The van der Waals surface area contributed by atoms with Crippen molar-refractivity contribution >= 4 is 0 Å². The van der Waals surface area contributed by atoms with Gasteiger partial charge in [0.25, 0.3) is 0 Å². The molecule has 2 aliphatic heterocycles. The Hall–Kier alpha value is -0.120. The summed E-state index contributed by atoms with van der Waals surface area (Å²) in [6, 6.07) is 0.859. The molecule has 0 aromatic carbocycles. The van der Waals surface area contributed by atoms with Crippen LogP contribution in [0.25, 0.3) is 0 Å². The molecule has 1 spiro atoms. The molecule has 0 aromatic rings. The number of likely N-dealkylation sites (N-methyl/N-ethyl adjacent to an activating group) is 1. The van der Waals surface area contributed by atoms with E-state index in [1.807, 2.05) is 0 Å². The largest absolute Gasteiger partial charge is 0.317 e. The lowest BCUT2D eigenvalue weighted by Gasteiger charge is -2.55. The second-order valence-electron chi connectivity index (χ2n) is 6.70. The van der Waals surface area contributed by atoms with Crippen LogP contribution >= 0.6 is 0 Å². The summed E-state index contributed by atoms with van der Waals surface area (Å²) in [4.78, 5) is 5.51. The van der Waals surface area contributed by atoms with Gasteiger partial charge in [0.2, 0.25) is 0 Å². The van der Waals surface area contributed by atoms with Crippen LogP contribution in [0.2, 0.25) is 0 Å². The Bertz CT molecular complexity index is 267. The first-order chi connectivity index (χ1) is 8.80. The van der Waals surface area contributed by atoms with E-state index >= 15 is 0 Å². The smallest absolute Gasteiger partial charge is 0.0339 e. The highest BCUT2D eigenvalue weighted by molar-refractivity contribution is 5.01. The molecule has 0 amide bonds. The molecule has 3 aliphatic rings. The summed E-state index contributed by atoms with van der Waals surface area (Å²) < 4.78 is 0. The molecule has 1 aliphatic carbocycles. The van der Waals surface area contributed by atoms with Crippen molar-refractivity contribution in [2.75, 3.05) is 39.8 Å². The Kier molecular flexibility index (Phi) is 3.92. The Morgan fingerprint density at radius 2 is 1.72 bits per heavy atom. The molecule has 3 nitrogen and oxygen atoms in total. The first-order valence-corrected chi connectivity index (χ1v) is 7.96. The molecule has 1 N–H and O–H groups in total. The summed E-state index contributed by atoms with van der Waals surface area (Å²) in [7, 11) is 2.32. The van der Waals surface area contributed by atoms with Gasteiger partial charge in [-0.25, -0.2) is 0 Å². The second kappa shape index (κ2) is 5.48. The second-order valence-corrected chi connectivity index (χ2v) is 6.70. The van der Waals surface area contributed by atoms with Gasteiger partial charge >= 0.3 is 0 Å². The quantitative estimate of drug-likeness (QED) is 0.765. The zero-order chi connectivity index (χ0) is 12.4. The van der Waals surface area contributed by atoms with Gasteiger partial charge in [0.05, 0.1) is 0 Å². The van der Waals surface area contributed by atoms with Gasteiger partial charge in [0, 0.05) is 31.2 Å². The summed E-state index contributed by atoms with van der Waals surface area (Å²) >= 11 is 0. The Balaban J connectivity index is 1.76. The van der Waals surface area contributed by atoms with Crippen LogP contribution in [0.15, 0.2) is 0 Å². The van der Waals surface area contributed by atoms with Gasteiger partial charge in [-0.05, 0) is 45.8 Å². The van der Waals surface area contributed by atoms with E-state index in [0.717, 1.165) is 6.04 Å². The molecule has 18 heavy (non-hydrogen) atoms. The maximum Gasteiger partial charge on any atom is 0.0339 e. The molecule has 0 unspecified atom stereocenters. The fourth-order valence-corrected chi connectivity index (χ4v) is 4.53. The number of rotatable bonds is 1.